The number of benzene rings is 1. The van der Waals surface area contributed by atoms with E-state index in [9.17, 15) is 4.79 Å². The fourth-order valence-electron chi connectivity index (χ4n) is 3.56. The number of hydrogen-bond acceptors (Lipinski definition) is 1. The summed E-state index contributed by atoms with van der Waals surface area (Å²) < 4.78 is 0. The summed E-state index contributed by atoms with van der Waals surface area (Å²) in [5, 5.41) is 8.95. The van der Waals surface area contributed by atoms with E-state index in [1.165, 1.54) is 37.3 Å². The molecule has 0 aromatic heterocycles. The second-order valence-corrected chi connectivity index (χ2v) is 5.22. The summed E-state index contributed by atoms with van der Waals surface area (Å²) in [6, 6.07) is 8.33. The van der Waals surface area contributed by atoms with Crippen molar-refractivity contribution in [2.75, 3.05) is 0 Å². The van der Waals surface area contributed by atoms with Crippen LogP contribution in [0.1, 0.15) is 43.2 Å². The van der Waals surface area contributed by atoms with Gasteiger partial charge in [0, 0.05) is 6.08 Å². The lowest BCUT2D eigenvalue weighted by Crippen LogP contribution is -2.17. The normalized spacial score (nSPS) is 23.2. The summed E-state index contributed by atoms with van der Waals surface area (Å²) >= 11 is 0. The third-order valence-electron chi connectivity index (χ3n) is 4.23. The summed E-state index contributed by atoms with van der Waals surface area (Å²) in [5.41, 5.74) is 3.80. The van der Waals surface area contributed by atoms with Crippen molar-refractivity contribution < 1.29 is 9.90 Å². The fraction of sp³-hybridized carbons (Fsp3) is 0.400. The first-order valence-electron chi connectivity index (χ1n) is 6.25. The Morgan fingerprint density at radius 3 is 2.65 bits per heavy atom. The molecule has 0 amide bonds. The van der Waals surface area contributed by atoms with Gasteiger partial charge in [0.1, 0.15) is 0 Å². The molecule has 1 aromatic rings. The molecule has 2 heteroatoms. The zero-order valence-corrected chi connectivity index (χ0v) is 9.78. The standard InChI is InChI=1S/C15H16O2/c16-14(17)9-11-10-15(7-3-4-8-15)13-6-2-1-5-12(11)13/h1-2,5-6,9H,3-4,7-8,10H2,(H,16,17)/b11-9+. The van der Waals surface area contributed by atoms with Crippen LogP contribution in [0.3, 0.4) is 0 Å². The third kappa shape index (κ3) is 1.59. The van der Waals surface area contributed by atoms with Crippen LogP contribution >= 0.6 is 0 Å². The molecule has 0 radical (unpaired) electrons. The van der Waals surface area contributed by atoms with E-state index in [-0.39, 0.29) is 5.41 Å². The van der Waals surface area contributed by atoms with Crippen LogP contribution in [0.15, 0.2) is 30.3 Å². The predicted molar refractivity (Wildman–Crippen MR) is 66.8 cm³/mol. The number of hydrogen-bond donors (Lipinski definition) is 1. The molecule has 3 rings (SSSR count). The number of aliphatic carboxylic acids is 1. The molecule has 1 aromatic carbocycles. The SMILES string of the molecule is O=C(O)/C=C1\CC2(CCCC2)c2ccccc21. The summed E-state index contributed by atoms with van der Waals surface area (Å²) in [7, 11) is 0. The second kappa shape index (κ2) is 3.73. The average molecular weight is 228 g/mol. The van der Waals surface area contributed by atoms with Crippen LogP contribution < -0.4 is 0 Å². The summed E-state index contributed by atoms with van der Waals surface area (Å²) in [6.07, 6.45) is 7.27. The molecule has 0 aliphatic heterocycles. The molecule has 0 bridgehead atoms. The van der Waals surface area contributed by atoms with Crippen LogP contribution in [0.4, 0.5) is 0 Å². The monoisotopic (exact) mass is 228 g/mol. The number of carbonyl (C=O) groups is 1. The highest BCUT2D eigenvalue weighted by atomic mass is 16.4. The van der Waals surface area contributed by atoms with Crippen molar-refractivity contribution in [2.45, 2.75) is 37.5 Å². The maximum atomic E-state index is 10.9. The minimum absolute atomic E-state index is 0.248. The molecule has 0 atom stereocenters. The van der Waals surface area contributed by atoms with Gasteiger partial charge in [-0.1, -0.05) is 37.1 Å². The van der Waals surface area contributed by atoms with Crippen LogP contribution in [-0.4, -0.2) is 11.1 Å². The Balaban J connectivity index is 2.13. The summed E-state index contributed by atoms with van der Waals surface area (Å²) in [4.78, 5) is 10.9. The minimum Gasteiger partial charge on any atom is -0.478 e. The quantitative estimate of drug-likeness (QED) is 0.748. The summed E-state index contributed by atoms with van der Waals surface area (Å²) in [6.45, 7) is 0. The molecule has 0 heterocycles. The lowest BCUT2D eigenvalue weighted by molar-refractivity contribution is -0.131. The molecule has 1 N–H and O–H groups in total. The van der Waals surface area contributed by atoms with E-state index in [1.807, 2.05) is 6.07 Å². The molecule has 1 fully saturated rings. The molecular weight excluding hydrogens is 212 g/mol. The van der Waals surface area contributed by atoms with E-state index in [0.717, 1.165) is 17.6 Å². The van der Waals surface area contributed by atoms with Crippen LogP contribution in [0.5, 0.6) is 0 Å². The van der Waals surface area contributed by atoms with Gasteiger partial charge < -0.3 is 5.11 Å². The lowest BCUT2D eigenvalue weighted by Gasteiger charge is -2.23. The molecule has 2 aliphatic rings. The van der Waals surface area contributed by atoms with Crippen molar-refractivity contribution in [3.05, 3.63) is 41.5 Å². The van der Waals surface area contributed by atoms with Crippen molar-refractivity contribution in [1.82, 2.24) is 0 Å². The molecular formula is C15H16O2. The average Bonchev–Trinajstić information content (AvgIpc) is 2.88. The Kier molecular flexibility index (Phi) is 2.32. The Bertz CT molecular complexity index is 493. The van der Waals surface area contributed by atoms with Gasteiger partial charge >= 0.3 is 5.97 Å². The fourth-order valence-corrected chi connectivity index (χ4v) is 3.56. The van der Waals surface area contributed by atoms with E-state index < -0.39 is 5.97 Å². The highest BCUT2D eigenvalue weighted by molar-refractivity contribution is 5.92. The zero-order chi connectivity index (χ0) is 11.9. The molecule has 17 heavy (non-hydrogen) atoms. The van der Waals surface area contributed by atoms with E-state index >= 15 is 0 Å². The van der Waals surface area contributed by atoms with Crippen molar-refractivity contribution >= 4 is 11.5 Å². The molecule has 1 spiro atoms. The first-order chi connectivity index (χ1) is 8.21. The number of fused-ring (bicyclic) bond motifs is 2. The highest BCUT2D eigenvalue weighted by Gasteiger charge is 2.42. The maximum Gasteiger partial charge on any atom is 0.328 e. The number of carboxylic acid groups (broad SMARTS) is 1. The van der Waals surface area contributed by atoms with Crippen molar-refractivity contribution in [2.24, 2.45) is 0 Å². The van der Waals surface area contributed by atoms with Crippen LogP contribution in [0.25, 0.3) is 5.57 Å². The predicted octanol–water partition coefficient (Wildman–Crippen LogP) is 3.37. The maximum absolute atomic E-state index is 10.9. The van der Waals surface area contributed by atoms with Crippen LogP contribution in [0, 0.1) is 0 Å². The van der Waals surface area contributed by atoms with Gasteiger partial charge in [-0.3, -0.25) is 0 Å². The number of rotatable bonds is 1. The first-order valence-corrected chi connectivity index (χ1v) is 6.25. The molecule has 0 saturated heterocycles. The van der Waals surface area contributed by atoms with E-state index in [0.29, 0.717) is 0 Å². The van der Waals surface area contributed by atoms with Crippen LogP contribution in [-0.2, 0) is 10.2 Å². The highest BCUT2D eigenvalue weighted by Crippen LogP contribution is 2.54. The lowest BCUT2D eigenvalue weighted by atomic mass is 9.80. The Labute approximate surface area is 101 Å². The topological polar surface area (TPSA) is 37.3 Å². The van der Waals surface area contributed by atoms with E-state index in [4.69, 9.17) is 5.11 Å². The van der Waals surface area contributed by atoms with E-state index in [1.54, 1.807) is 0 Å². The molecule has 1 saturated carbocycles. The van der Waals surface area contributed by atoms with E-state index in [2.05, 4.69) is 18.2 Å². The van der Waals surface area contributed by atoms with Gasteiger partial charge in [-0.25, -0.2) is 4.79 Å². The largest absolute Gasteiger partial charge is 0.478 e. The molecule has 2 nitrogen and oxygen atoms in total. The van der Waals surface area contributed by atoms with Gasteiger partial charge in [-0.05, 0) is 41.4 Å². The van der Waals surface area contributed by atoms with Gasteiger partial charge in [0.25, 0.3) is 0 Å². The van der Waals surface area contributed by atoms with Gasteiger partial charge in [-0.15, -0.1) is 0 Å². The molecule has 88 valence electrons. The van der Waals surface area contributed by atoms with Gasteiger partial charge in [0.05, 0.1) is 0 Å². The third-order valence-corrected chi connectivity index (χ3v) is 4.23. The number of carboxylic acids is 1. The minimum atomic E-state index is -0.829. The van der Waals surface area contributed by atoms with Gasteiger partial charge in [-0.2, -0.15) is 0 Å². The van der Waals surface area contributed by atoms with Crippen LogP contribution in [0.2, 0.25) is 0 Å². The first kappa shape index (κ1) is 10.6. The van der Waals surface area contributed by atoms with Crippen molar-refractivity contribution in [1.29, 1.82) is 0 Å². The smallest absolute Gasteiger partial charge is 0.328 e. The zero-order valence-electron chi connectivity index (χ0n) is 9.78. The molecule has 2 aliphatic carbocycles. The Morgan fingerprint density at radius 1 is 1.24 bits per heavy atom. The Hall–Kier alpha value is -1.57. The van der Waals surface area contributed by atoms with Gasteiger partial charge in [0.15, 0.2) is 0 Å². The number of allylic oxidation sites excluding steroid dienone is 1. The van der Waals surface area contributed by atoms with Crippen molar-refractivity contribution in [3.63, 3.8) is 0 Å². The second-order valence-electron chi connectivity index (χ2n) is 5.22. The van der Waals surface area contributed by atoms with Gasteiger partial charge in [0.2, 0.25) is 0 Å². The summed E-state index contributed by atoms with van der Waals surface area (Å²) in [5.74, 6) is -0.829. The van der Waals surface area contributed by atoms with Crippen molar-refractivity contribution in [3.8, 4) is 0 Å². The Morgan fingerprint density at radius 2 is 1.94 bits per heavy atom. The molecule has 0 unspecified atom stereocenters.